The van der Waals surface area contributed by atoms with Gasteiger partial charge < -0.3 is 5.11 Å². The topological polar surface area (TPSA) is 80.4 Å². The van der Waals surface area contributed by atoms with Crippen LogP contribution in [0.5, 0.6) is 0 Å². The van der Waals surface area contributed by atoms with Gasteiger partial charge in [-0.2, -0.15) is 0 Å². The molecule has 7 heteroatoms. The predicted molar refractivity (Wildman–Crippen MR) is 96.5 cm³/mol. The number of aromatic carboxylic acids is 1. The van der Waals surface area contributed by atoms with Gasteiger partial charge in [0.15, 0.2) is 5.69 Å². The number of fused-ring (bicyclic) bond motifs is 3. The SMILES string of the molecule is Cc1nc(C(=O)O)c2n1-c1ccc(Br)cc1C(c1ccccn1)=NC2. The monoisotopic (exact) mass is 396 g/mol. The number of carboxylic acids is 1. The predicted octanol–water partition coefficient (Wildman–Crippen LogP) is 3.39. The Hall–Kier alpha value is -2.80. The van der Waals surface area contributed by atoms with Crippen LogP contribution >= 0.6 is 15.9 Å². The zero-order valence-corrected chi connectivity index (χ0v) is 14.9. The van der Waals surface area contributed by atoms with Crippen LogP contribution in [-0.4, -0.2) is 31.3 Å². The molecule has 1 aliphatic heterocycles. The minimum Gasteiger partial charge on any atom is -0.476 e. The fraction of sp³-hybridized carbons (Fsp3) is 0.111. The van der Waals surface area contributed by atoms with E-state index in [4.69, 9.17) is 0 Å². The minimum absolute atomic E-state index is 0.0392. The number of aromatic nitrogens is 3. The maximum absolute atomic E-state index is 11.6. The molecule has 3 aromatic rings. The normalized spacial score (nSPS) is 12.8. The Kier molecular flexibility index (Phi) is 3.73. The van der Waals surface area contributed by atoms with Crippen molar-refractivity contribution in [2.45, 2.75) is 13.5 Å². The van der Waals surface area contributed by atoms with Crippen LogP contribution in [0.2, 0.25) is 0 Å². The number of rotatable bonds is 2. The second-order valence-electron chi connectivity index (χ2n) is 5.64. The van der Waals surface area contributed by atoms with Gasteiger partial charge in [0.25, 0.3) is 0 Å². The van der Waals surface area contributed by atoms with Gasteiger partial charge in [0, 0.05) is 16.2 Å². The minimum atomic E-state index is -1.05. The Morgan fingerprint density at radius 3 is 2.84 bits per heavy atom. The fourth-order valence-corrected chi connectivity index (χ4v) is 3.43. The third kappa shape index (κ3) is 2.56. The van der Waals surface area contributed by atoms with E-state index in [0.717, 1.165) is 27.1 Å². The van der Waals surface area contributed by atoms with Crippen molar-refractivity contribution in [1.29, 1.82) is 0 Å². The number of benzene rings is 1. The van der Waals surface area contributed by atoms with Crippen molar-refractivity contribution >= 4 is 27.6 Å². The molecular formula is C18H13BrN4O2. The summed E-state index contributed by atoms with van der Waals surface area (Å²) >= 11 is 3.51. The lowest BCUT2D eigenvalue weighted by Crippen LogP contribution is -2.09. The standard InChI is InChI=1S/C18H13BrN4O2/c1-10-22-17(18(24)25)15-9-21-16(13-4-2-3-7-20-13)12-8-11(19)5-6-14(12)23(10)15/h2-8H,9H2,1H3,(H,24,25). The first-order valence-electron chi connectivity index (χ1n) is 7.64. The summed E-state index contributed by atoms with van der Waals surface area (Å²) in [6, 6.07) is 11.5. The quantitative estimate of drug-likeness (QED) is 0.719. The van der Waals surface area contributed by atoms with Crippen molar-refractivity contribution in [3.05, 3.63) is 75.5 Å². The van der Waals surface area contributed by atoms with E-state index in [9.17, 15) is 9.90 Å². The molecule has 0 bridgehead atoms. The molecule has 2 aromatic heterocycles. The number of hydrogen-bond donors (Lipinski definition) is 1. The summed E-state index contributed by atoms with van der Waals surface area (Å²) < 4.78 is 2.78. The molecule has 6 nitrogen and oxygen atoms in total. The van der Waals surface area contributed by atoms with E-state index in [1.807, 2.05) is 41.0 Å². The highest BCUT2D eigenvalue weighted by Crippen LogP contribution is 2.30. The maximum atomic E-state index is 11.6. The largest absolute Gasteiger partial charge is 0.476 e. The van der Waals surface area contributed by atoms with Crippen molar-refractivity contribution < 1.29 is 9.90 Å². The van der Waals surface area contributed by atoms with Crippen molar-refractivity contribution in [3.8, 4) is 5.69 Å². The summed E-state index contributed by atoms with van der Waals surface area (Å²) in [5.41, 5.74) is 3.81. The van der Waals surface area contributed by atoms with Gasteiger partial charge in [0.1, 0.15) is 5.82 Å². The lowest BCUT2D eigenvalue weighted by molar-refractivity contribution is 0.0689. The molecule has 0 aliphatic carbocycles. The molecule has 0 saturated heterocycles. The van der Waals surface area contributed by atoms with E-state index in [-0.39, 0.29) is 12.2 Å². The highest BCUT2D eigenvalue weighted by atomic mass is 79.9. The van der Waals surface area contributed by atoms with E-state index in [0.29, 0.717) is 11.5 Å². The lowest BCUT2D eigenvalue weighted by Gasteiger charge is -2.13. The molecule has 1 aliphatic rings. The molecule has 0 atom stereocenters. The second kappa shape index (κ2) is 5.93. The molecule has 3 heterocycles. The number of aliphatic imine (C=N–C) groups is 1. The molecule has 0 radical (unpaired) electrons. The molecule has 0 fully saturated rings. The van der Waals surface area contributed by atoms with E-state index in [1.54, 1.807) is 13.1 Å². The summed E-state index contributed by atoms with van der Waals surface area (Å²) in [5.74, 6) is -0.430. The molecule has 0 unspecified atom stereocenters. The van der Waals surface area contributed by atoms with Crippen molar-refractivity contribution in [2.75, 3.05) is 0 Å². The Morgan fingerprint density at radius 1 is 1.28 bits per heavy atom. The highest BCUT2D eigenvalue weighted by molar-refractivity contribution is 9.10. The smallest absolute Gasteiger partial charge is 0.356 e. The van der Waals surface area contributed by atoms with Gasteiger partial charge in [-0.1, -0.05) is 22.0 Å². The van der Waals surface area contributed by atoms with Crippen LogP contribution in [-0.2, 0) is 6.54 Å². The number of aryl methyl sites for hydroxylation is 1. The van der Waals surface area contributed by atoms with E-state index < -0.39 is 5.97 Å². The van der Waals surface area contributed by atoms with Gasteiger partial charge in [-0.05, 0) is 37.3 Å². The Morgan fingerprint density at radius 2 is 2.12 bits per heavy atom. The first-order chi connectivity index (χ1) is 12.1. The third-order valence-corrected chi connectivity index (χ3v) is 4.59. The molecule has 0 amide bonds. The number of pyridine rings is 1. The summed E-state index contributed by atoms with van der Waals surface area (Å²) in [6.07, 6.45) is 1.72. The summed E-state index contributed by atoms with van der Waals surface area (Å²) in [4.78, 5) is 24.9. The average molecular weight is 397 g/mol. The zero-order valence-electron chi connectivity index (χ0n) is 13.3. The highest BCUT2D eigenvalue weighted by Gasteiger charge is 2.26. The number of imidazole rings is 1. The first-order valence-corrected chi connectivity index (χ1v) is 8.43. The van der Waals surface area contributed by atoms with Gasteiger partial charge >= 0.3 is 5.97 Å². The number of hydrogen-bond acceptors (Lipinski definition) is 4. The van der Waals surface area contributed by atoms with Crippen LogP contribution < -0.4 is 0 Å². The second-order valence-corrected chi connectivity index (χ2v) is 6.55. The van der Waals surface area contributed by atoms with Crippen molar-refractivity contribution in [3.63, 3.8) is 0 Å². The van der Waals surface area contributed by atoms with Gasteiger partial charge in [-0.15, -0.1) is 0 Å². The van der Waals surface area contributed by atoms with Gasteiger partial charge in [0.05, 0.1) is 29.3 Å². The number of carboxylic acid groups (broad SMARTS) is 1. The molecule has 124 valence electrons. The first kappa shape index (κ1) is 15.7. The molecule has 1 aromatic carbocycles. The number of carbonyl (C=O) groups is 1. The third-order valence-electron chi connectivity index (χ3n) is 4.09. The number of halogens is 1. The molecule has 0 spiro atoms. The molecule has 0 saturated carbocycles. The summed E-state index contributed by atoms with van der Waals surface area (Å²) in [5, 5.41) is 9.48. The van der Waals surface area contributed by atoms with Gasteiger partial charge in [-0.25, -0.2) is 9.78 Å². The van der Waals surface area contributed by atoms with E-state index >= 15 is 0 Å². The van der Waals surface area contributed by atoms with Crippen LogP contribution in [0, 0.1) is 6.92 Å². The van der Waals surface area contributed by atoms with Crippen LogP contribution in [0.3, 0.4) is 0 Å². The Labute approximate surface area is 152 Å². The van der Waals surface area contributed by atoms with Gasteiger partial charge in [0.2, 0.25) is 0 Å². The lowest BCUT2D eigenvalue weighted by atomic mass is 10.0. The van der Waals surface area contributed by atoms with Crippen molar-refractivity contribution in [2.24, 2.45) is 4.99 Å². The van der Waals surface area contributed by atoms with Crippen LogP contribution in [0.15, 0.2) is 52.1 Å². The van der Waals surface area contributed by atoms with E-state index in [2.05, 4.69) is 30.9 Å². The maximum Gasteiger partial charge on any atom is 0.356 e. The number of nitrogens with zero attached hydrogens (tertiary/aromatic N) is 4. The molecule has 1 N–H and O–H groups in total. The Bertz CT molecular complexity index is 1030. The molecular weight excluding hydrogens is 384 g/mol. The Balaban J connectivity index is 2.03. The van der Waals surface area contributed by atoms with Crippen LogP contribution in [0.4, 0.5) is 0 Å². The van der Waals surface area contributed by atoms with Crippen molar-refractivity contribution in [1.82, 2.24) is 14.5 Å². The molecule has 25 heavy (non-hydrogen) atoms. The van der Waals surface area contributed by atoms with Crippen LogP contribution in [0.25, 0.3) is 5.69 Å². The van der Waals surface area contributed by atoms with Crippen LogP contribution in [0.1, 0.15) is 33.3 Å². The summed E-state index contributed by atoms with van der Waals surface area (Å²) in [6.45, 7) is 2.02. The summed E-state index contributed by atoms with van der Waals surface area (Å²) in [7, 11) is 0. The van der Waals surface area contributed by atoms with Gasteiger partial charge in [-0.3, -0.25) is 14.5 Å². The zero-order chi connectivity index (χ0) is 17.6. The molecule has 4 rings (SSSR count). The van der Waals surface area contributed by atoms with E-state index in [1.165, 1.54) is 0 Å². The fourth-order valence-electron chi connectivity index (χ4n) is 3.07. The average Bonchev–Trinajstić information content (AvgIpc) is 2.83.